The first-order chi connectivity index (χ1) is 9.99. The van der Waals surface area contributed by atoms with E-state index in [-0.39, 0.29) is 10.6 Å². The predicted molar refractivity (Wildman–Crippen MR) is 81.5 cm³/mol. The van der Waals surface area contributed by atoms with Gasteiger partial charge in [-0.25, -0.2) is 4.68 Å². The zero-order valence-corrected chi connectivity index (χ0v) is 13.2. The number of nitrogens with zero attached hydrogens (tertiary/aromatic N) is 4. The Labute approximate surface area is 127 Å². The normalized spacial score (nSPS) is 18.7. The summed E-state index contributed by atoms with van der Waals surface area (Å²) in [5.74, 6) is 0. The standard InChI is InChI=1S/C14H18N4O2S/c1-9-14(18(19)20)11(3)17(15-9)8-16-6-4-13-12(10(16)2)5-7-21-13/h5,7,10H,4,6,8H2,1-3H3/t10-/m1/s1. The maximum absolute atomic E-state index is 11.1. The lowest BCUT2D eigenvalue weighted by atomic mass is 10.0. The van der Waals surface area contributed by atoms with Crippen molar-refractivity contribution in [2.45, 2.75) is 39.9 Å². The van der Waals surface area contributed by atoms with Gasteiger partial charge in [-0.1, -0.05) is 0 Å². The Kier molecular flexibility index (Phi) is 3.54. The van der Waals surface area contributed by atoms with Crippen LogP contribution in [0.1, 0.15) is 34.8 Å². The van der Waals surface area contributed by atoms with Crippen LogP contribution in [0.3, 0.4) is 0 Å². The van der Waals surface area contributed by atoms with Gasteiger partial charge >= 0.3 is 5.69 Å². The molecule has 7 heteroatoms. The molecule has 21 heavy (non-hydrogen) atoms. The van der Waals surface area contributed by atoms with Gasteiger partial charge in [-0.2, -0.15) is 5.10 Å². The Bertz CT molecular complexity index is 691. The zero-order valence-electron chi connectivity index (χ0n) is 12.4. The Morgan fingerprint density at radius 1 is 1.52 bits per heavy atom. The molecule has 0 saturated heterocycles. The second-order valence-corrected chi connectivity index (χ2v) is 6.46. The quantitative estimate of drug-likeness (QED) is 0.646. The van der Waals surface area contributed by atoms with Crippen LogP contribution in [0.25, 0.3) is 0 Å². The molecular weight excluding hydrogens is 288 g/mol. The summed E-state index contributed by atoms with van der Waals surface area (Å²) in [5, 5.41) is 17.6. The summed E-state index contributed by atoms with van der Waals surface area (Å²) in [6, 6.07) is 2.50. The van der Waals surface area contributed by atoms with E-state index >= 15 is 0 Å². The van der Waals surface area contributed by atoms with Crippen molar-refractivity contribution in [3.05, 3.63) is 43.4 Å². The molecule has 0 bridgehead atoms. The van der Waals surface area contributed by atoms with Crippen molar-refractivity contribution >= 4 is 17.0 Å². The van der Waals surface area contributed by atoms with Gasteiger partial charge in [0.1, 0.15) is 11.4 Å². The first kappa shape index (κ1) is 14.2. The Balaban J connectivity index is 1.85. The fourth-order valence-electron chi connectivity index (χ4n) is 3.02. The Morgan fingerprint density at radius 2 is 2.29 bits per heavy atom. The van der Waals surface area contributed by atoms with Crippen molar-refractivity contribution in [1.29, 1.82) is 0 Å². The molecule has 3 heterocycles. The van der Waals surface area contributed by atoms with Crippen molar-refractivity contribution in [2.24, 2.45) is 0 Å². The molecule has 3 rings (SSSR count). The average Bonchev–Trinajstić information content (AvgIpc) is 2.99. The molecule has 6 nitrogen and oxygen atoms in total. The third-order valence-electron chi connectivity index (χ3n) is 4.25. The molecule has 1 aliphatic heterocycles. The lowest BCUT2D eigenvalue weighted by Crippen LogP contribution is -2.35. The molecule has 0 amide bonds. The molecule has 1 atom stereocenters. The summed E-state index contributed by atoms with van der Waals surface area (Å²) < 4.78 is 1.75. The highest BCUT2D eigenvalue weighted by Gasteiger charge is 2.27. The first-order valence-electron chi connectivity index (χ1n) is 6.97. The number of thiophene rings is 1. The highest BCUT2D eigenvalue weighted by molar-refractivity contribution is 7.10. The Hall–Kier alpha value is -1.73. The highest BCUT2D eigenvalue weighted by atomic mass is 32.1. The van der Waals surface area contributed by atoms with Crippen molar-refractivity contribution < 1.29 is 4.92 Å². The van der Waals surface area contributed by atoms with Gasteiger partial charge in [-0.3, -0.25) is 15.0 Å². The van der Waals surface area contributed by atoms with Gasteiger partial charge in [-0.05, 0) is 44.2 Å². The van der Waals surface area contributed by atoms with E-state index in [1.165, 1.54) is 10.4 Å². The van der Waals surface area contributed by atoms with Crippen LogP contribution in [0, 0.1) is 24.0 Å². The molecule has 0 saturated carbocycles. The number of fused-ring (bicyclic) bond motifs is 1. The van der Waals surface area contributed by atoms with E-state index in [0.29, 0.717) is 24.1 Å². The molecule has 0 unspecified atom stereocenters. The lowest BCUT2D eigenvalue weighted by Gasteiger charge is -2.33. The molecule has 0 N–H and O–H groups in total. The first-order valence-corrected chi connectivity index (χ1v) is 7.85. The van der Waals surface area contributed by atoms with Gasteiger partial charge in [-0.15, -0.1) is 11.3 Å². The largest absolute Gasteiger partial charge is 0.312 e. The number of aromatic nitrogens is 2. The topological polar surface area (TPSA) is 64.2 Å². The zero-order chi connectivity index (χ0) is 15.1. The summed E-state index contributed by atoms with van der Waals surface area (Å²) in [5.41, 5.74) is 2.62. The fraction of sp³-hybridized carbons (Fsp3) is 0.500. The average molecular weight is 306 g/mol. The summed E-state index contributed by atoms with van der Waals surface area (Å²) in [7, 11) is 0. The van der Waals surface area contributed by atoms with Crippen LogP contribution in [0.5, 0.6) is 0 Å². The summed E-state index contributed by atoms with van der Waals surface area (Å²) in [4.78, 5) is 14.5. The predicted octanol–water partition coefficient (Wildman–Crippen LogP) is 3.05. The van der Waals surface area contributed by atoms with E-state index in [4.69, 9.17) is 0 Å². The maximum Gasteiger partial charge on any atom is 0.312 e. The molecule has 0 aromatic carbocycles. The van der Waals surface area contributed by atoms with Gasteiger partial charge in [0.15, 0.2) is 0 Å². The van der Waals surface area contributed by atoms with Crippen LogP contribution in [0.15, 0.2) is 11.4 Å². The molecule has 2 aromatic heterocycles. The number of aryl methyl sites for hydroxylation is 1. The minimum Gasteiger partial charge on any atom is -0.277 e. The smallest absolute Gasteiger partial charge is 0.277 e. The van der Waals surface area contributed by atoms with Crippen LogP contribution in [0.4, 0.5) is 5.69 Å². The fourth-order valence-corrected chi connectivity index (χ4v) is 3.98. The second-order valence-electron chi connectivity index (χ2n) is 5.45. The highest BCUT2D eigenvalue weighted by Crippen LogP contribution is 2.33. The molecule has 112 valence electrons. The van der Waals surface area contributed by atoms with Crippen LogP contribution in [-0.4, -0.2) is 26.1 Å². The minimum atomic E-state index is -0.342. The van der Waals surface area contributed by atoms with Crippen LogP contribution >= 0.6 is 11.3 Å². The van der Waals surface area contributed by atoms with Gasteiger partial charge in [0.25, 0.3) is 0 Å². The number of nitro groups is 1. The van der Waals surface area contributed by atoms with Crippen LogP contribution in [-0.2, 0) is 13.1 Å². The second kappa shape index (κ2) is 5.23. The molecule has 0 aliphatic carbocycles. The van der Waals surface area contributed by atoms with Crippen molar-refractivity contribution in [2.75, 3.05) is 6.54 Å². The van der Waals surface area contributed by atoms with Crippen LogP contribution in [0.2, 0.25) is 0 Å². The third kappa shape index (κ3) is 2.36. The summed E-state index contributed by atoms with van der Waals surface area (Å²) >= 11 is 1.81. The third-order valence-corrected chi connectivity index (χ3v) is 5.24. The van der Waals surface area contributed by atoms with Gasteiger partial charge in [0, 0.05) is 17.5 Å². The number of rotatable bonds is 3. The SMILES string of the molecule is Cc1nn(CN2CCc3sccc3[C@H]2C)c(C)c1[N+](=O)[O-]. The number of hydrogen-bond acceptors (Lipinski definition) is 5. The monoisotopic (exact) mass is 306 g/mol. The van der Waals surface area contributed by atoms with Crippen molar-refractivity contribution in [1.82, 2.24) is 14.7 Å². The number of hydrogen-bond donors (Lipinski definition) is 0. The summed E-state index contributed by atoms with van der Waals surface area (Å²) in [6.07, 6.45) is 1.04. The molecule has 2 aromatic rings. The van der Waals surface area contributed by atoms with Crippen molar-refractivity contribution in [3.63, 3.8) is 0 Å². The lowest BCUT2D eigenvalue weighted by molar-refractivity contribution is -0.386. The van der Waals surface area contributed by atoms with E-state index in [1.54, 1.807) is 18.5 Å². The molecule has 1 aliphatic rings. The van der Waals surface area contributed by atoms with E-state index in [2.05, 4.69) is 28.4 Å². The molecule has 0 spiro atoms. The van der Waals surface area contributed by atoms with Gasteiger partial charge in [0.2, 0.25) is 0 Å². The van der Waals surface area contributed by atoms with Gasteiger partial charge in [0.05, 0.1) is 11.6 Å². The molecular formula is C14H18N4O2S. The summed E-state index contributed by atoms with van der Waals surface area (Å²) in [6.45, 7) is 7.20. The molecule has 0 fully saturated rings. The van der Waals surface area contributed by atoms with Crippen LogP contribution < -0.4 is 0 Å². The molecule has 0 radical (unpaired) electrons. The van der Waals surface area contributed by atoms with E-state index in [0.717, 1.165) is 13.0 Å². The maximum atomic E-state index is 11.1. The van der Waals surface area contributed by atoms with Crippen molar-refractivity contribution in [3.8, 4) is 0 Å². The minimum absolute atomic E-state index is 0.135. The van der Waals surface area contributed by atoms with E-state index < -0.39 is 0 Å². The van der Waals surface area contributed by atoms with Gasteiger partial charge < -0.3 is 0 Å². The Morgan fingerprint density at radius 3 is 2.95 bits per heavy atom. The van der Waals surface area contributed by atoms with E-state index in [1.807, 2.05) is 11.3 Å². The van der Waals surface area contributed by atoms with E-state index in [9.17, 15) is 10.1 Å².